The second-order valence-electron chi connectivity index (χ2n) is 8.51. The minimum absolute atomic E-state index is 0.107. The van der Waals surface area contributed by atoms with Crippen LogP contribution in [-0.4, -0.2) is 26.1 Å². The predicted molar refractivity (Wildman–Crippen MR) is 141 cm³/mol. The number of fused-ring (bicyclic) bond motifs is 1. The van der Waals surface area contributed by atoms with Crippen molar-refractivity contribution >= 4 is 28.4 Å². The number of H-pyrrole nitrogens is 1. The number of carbonyl (C=O) groups is 1. The Hall–Kier alpha value is -4.69. The number of aromatic amines is 1. The molecule has 5 rings (SSSR count). The Morgan fingerprint density at radius 1 is 0.972 bits per heavy atom. The molecule has 0 aliphatic carbocycles. The number of carbonyl (C=O) groups excluding carboxylic acids is 1. The molecule has 36 heavy (non-hydrogen) atoms. The highest BCUT2D eigenvalue weighted by molar-refractivity contribution is 5.93. The van der Waals surface area contributed by atoms with E-state index in [0.29, 0.717) is 12.1 Å². The van der Waals surface area contributed by atoms with E-state index in [1.165, 1.54) is 5.56 Å². The minimum Gasteiger partial charge on any atom is -0.381 e. The summed E-state index contributed by atoms with van der Waals surface area (Å²) >= 11 is 0. The summed E-state index contributed by atoms with van der Waals surface area (Å²) in [5.41, 5.74) is 8.01. The fourth-order valence-corrected chi connectivity index (χ4v) is 4.05. The molecular weight excluding hydrogens is 452 g/mol. The highest BCUT2D eigenvalue weighted by atomic mass is 16.5. The van der Waals surface area contributed by atoms with Crippen molar-refractivity contribution in [2.45, 2.75) is 19.5 Å². The normalized spacial score (nSPS) is 11.7. The highest BCUT2D eigenvalue weighted by Gasteiger charge is 2.12. The van der Waals surface area contributed by atoms with Crippen molar-refractivity contribution in [3.8, 4) is 11.3 Å². The molecule has 0 bridgehead atoms. The van der Waals surface area contributed by atoms with Crippen LogP contribution in [-0.2, 0) is 6.54 Å². The molecular formula is C28H26N6O2. The van der Waals surface area contributed by atoms with E-state index in [-0.39, 0.29) is 6.04 Å². The molecule has 180 valence electrons. The first-order valence-corrected chi connectivity index (χ1v) is 11.6. The Balaban J connectivity index is 1.28. The van der Waals surface area contributed by atoms with Gasteiger partial charge in [0.2, 0.25) is 0 Å². The summed E-state index contributed by atoms with van der Waals surface area (Å²) in [6.07, 6.45) is 1.57. The number of amides is 1. The van der Waals surface area contributed by atoms with Crippen LogP contribution in [0.4, 0.5) is 11.5 Å². The lowest BCUT2D eigenvalue weighted by atomic mass is 10.1. The Labute approximate surface area is 208 Å². The van der Waals surface area contributed by atoms with E-state index in [9.17, 15) is 4.79 Å². The van der Waals surface area contributed by atoms with Crippen LogP contribution in [0.1, 0.15) is 34.5 Å². The van der Waals surface area contributed by atoms with E-state index in [2.05, 4.69) is 62.8 Å². The van der Waals surface area contributed by atoms with Crippen molar-refractivity contribution in [3.63, 3.8) is 0 Å². The van der Waals surface area contributed by atoms with Gasteiger partial charge in [-0.3, -0.25) is 10.0 Å². The third-order valence-electron chi connectivity index (χ3n) is 6.09. The van der Waals surface area contributed by atoms with Crippen LogP contribution in [0.15, 0.2) is 91.3 Å². The maximum Gasteiger partial charge on any atom is 0.274 e. The van der Waals surface area contributed by atoms with Gasteiger partial charge >= 0.3 is 0 Å². The van der Waals surface area contributed by atoms with Gasteiger partial charge in [-0.05, 0) is 53.9 Å². The Kier molecular flexibility index (Phi) is 6.59. The van der Waals surface area contributed by atoms with Crippen LogP contribution in [0.3, 0.4) is 0 Å². The molecule has 0 aliphatic rings. The van der Waals surface area contributed by atoms with Crippen molar-refractivity contribution in [2.75, 3.05) is 10.6 Å². The maximum atomic E-state index is 11.4. The lowest BCUT2D eigenvalue weighted by molar-refractivity contribution is 0.0706. The van der Waals surface area contributed by atoms with Gasteiger partial charge in [0.1, 0.15) is 17.8 Å². The van der Waals surface area contributed by atoms with Crippen LogP contribution >= 0.6 is 0 Å². The number of hydroxylamine groups is 1. The van der Waals surface area contributed by atoms with E-state index < -0.39 is 5.91 Å². The van der Waals surface area contributed by atoms with E-state index in [0.717, 1.165) is 39.4 Å². The SMILES string of the molecule is CC(Nc1ncnc2[nH]c(-c3ccc(NCc4ccc(C(=O)NO)cc4)cc3)cc12)c1ccccc1. The van der Waals surface area contributed by atoms with Gasteiger partial charge in [0.15, 0.2) is 0 Å². The first kappa shape index (κ1) is 23.1. The third-order valence-corrected chi connectivity index (χ3v) is 6.09. The third kappa shape index (κ3) is 5.03. The standard InChI is InChI=1S/C28H26N6O2/c1-18(20-5-3-2-4-6-20)32-26-24-15-25(33-27(24)31-17-30-26)21-11-13-23(14-12-21)29-16-19-7-9-22(10-8-19)28(35)34-36/h2-15,17-18,29,36H,16H2,1H3,(H,34,35)(H2,30,31,32,33). The van der Waals surface area contributed by atoms with Crippen LogP contribution < -0.4 is 16.1 Å². The first-order chi connectivity index (χ1) is 17.6. The molecule has 5 N–H and O–H groups in total. The number of nitrogens with one attached hydrogen (secondary N) is 4. The molecule has 0 aliphatic heterocycles. The molecule has 1 atom stereocenters. The topological polar surface area (TPSA) is 115 Å². The smallest absolute Gasteiger partial charge is 0.274 e. The number of hydrogen-bond acceptors (Lipinski definition) is 6. The second kappa shape index (κ2) is 10.3. The van der Waals surface area contributed by atoms with Gasteiger partial charge in [0, 0.05) is 29.5 Å². The fourth-order valence-electron chi connectivity index (χ4n) is 4.05. The lowest BCUT2D eigenvalue weighted by Crippen LogP contribution is -2.18. The van der Waals surface area contributed by atoms with Crippen molar-refractivity contribution in [1.82, 2.24) is 20.4 Å². The summed E-state index contributed by atoms with van der Waals surface area (Å²) < 4.78 is 0. The van der Waals surface area contributed by atoms with E-state index in [1.54, 1.807) is 23.9 Å². The summed E-state index contributed by atoms with van der Waals surface area (Å²) in [7, 11) is 0. The van der Waals surface area contributed by atoms with Crippen LogP contribution in [0.5, 0.6) is 0 Å². The average Bonchev–Trinajstić information content (AvgIpc) is 3.38. The van der Waals surface area contributed by atoms with Crippen molar-refractivity contribution in [3.05, 3.63) is 108 Å². The maximum absolute atomic E-state index is 11.4. The number of benzene rings is 3. The molecule has 3 aromatic carbocycles. The van der Waals surface area contributed by atoms with Gasteiger partial charge in [0.05, 0.1) is 5.39 Å². The van der Waals surface area contributed by atoms with Crippen LogP contribution in [0, 0.1) is 0 Å². The molecule has 1 amide bonds. The molecule has 0 spiro atoms. The van der Waals surface area contributed by atoms with Crippen molar-refractivity contribution in [2.24, 2.45) is 0 Å². The van der Waals surface area contributed by atoms with Crippen molar-refractivity contribution < 1.29 is 10.0 Å². The van der Waals surface area contributed by atoms with Gasteiger partial charge in [0.25, 0.3) is 5.91 Å². The molecule has 0 radical (unpaired) electrons. The number of aromatic nitrogens is 3. The van der Waals surface area contributed by atoms with E-state index in [4.69, 9.17) is 5.21 Å². The van der Waals surface area contributed by atoms with Gasteiger partial charge < -0.3 is 15.6 Å². The molecule has 8 nitrogen and oxygen atoms in total. The summed E-state index contributed by atoms with van der Waals surface area (Å²) in [6.45, 7) is 2.72. The molecule has 8 heteroatoms. The molecule has 0 saturated heterocycles. The lowest BCUT2D eigenvalue weighted by Gasteiger charge is -2.15. The number of nitrogens with zero attached hydrogens (tertiary/aromatic N) is 2. The Bertz CT molecular complexity index is 1460. The quantitative estimate of drug-likeness (QED) is 0.148. The number of anilines is 2. The summed E-state index contributed by atoms with van der Waals surface area (Å²) in [6, 6.07) is 27.6. The molecule has 2 aromatic heterocycles. The molecule has 5 aromatic rings. The van der Waals surface area contributed by atoms with Crippen LogP contribution in [0.2, 0.25) is 0 Å². The highest BCUT2D eigenvalue weighted by Crippen LogP contribution is 2.29. The van der Waals surface area contributed by atoms with Crippen molar-refractivity contribution in [1.29, 1.82) is 0 Å². The number of hydrogen-bond donors (Lipinski definition) is 5. The van der Waals surface area contributed by atoms with Gasteiger partial charge in [-0.15, -0.1) is 0 Å². The average molecular weight is 479 g/mol. The zero-order valence-corrected chi connectivity index (χ0v) is 19.7. The zero-order valence-electron chi connectivity index (χ0n) is 19.7. The monoisotopic (exact) mass is 478 g/mol. The molecule has 1 unspecified atom stereocenters. The van der Waals surface area contributed by atoms with Gasteiger partial charge in [-0.1, -0.05) is 54.6 Å². The summed E-state index contributed by atoms with van der Waals surface area (Å²) in [5.74, 6) is 0.265. The predicted octanol–water partition coefficient (Wildman–Crippen LogP) is 5.53. The van der Waals surface area contributed by atoms with E-state index >= 15 is 0 Å². The van der Waals surface area contributed by atoms with Crippen LogP contribution in [0.25, 0.3) is 22.3 Å². The van der Waals surface area contributed by atoms with E-state index in [1.807, 2.05) is 42.5 Å². The summed E-state index contributed by atoms with van der Waals surface area (Å²) in [4.78, 5) is 23.7. The molecule has 2 heterocycles. The van der Waals surface area contributed by atoms with Gasteiger partial charge in [-0.2, -0.15) is 0 Å². The molecule has 0 saturated carbocycles. The fraction of sp³-hybridized carbons (Fsp3) is 0.107. The summed E-state index contributed by atoms with van der Waals surface area (Å²) in [5, 5.41) is 16.6. The molecule has 0 fully saturated rings. The van der Waals surface area contributed by atoms with Gasteiger partial charge in [-0.25, -0.2) is 15.4 Å². The minimum atomic E-state index is -0.526. The zero-order chi connectivity index (χ0) is 24.9. The first-order valence-electron chi connectivity index (χ1n) is 11.6. The largest absolute Gasteiger partial charge is 0.381 e. The number of rotatable bonds is 8. The Morgan fingerprint density at radius 2 is 1.72 bits per heavy atom. The second-order valence-corrected chi connectivity index (χ2v) is 8.51. The Morgan fingerprint density at radius 3 is 2.44 bits per heavy atom.